The Morgan fingerprint density at radius 1 is 1.28 bits per heavy atom. The number of aliphatic hydroxyl groups is 1. The van der Waals surface area contributed by atoms with E-state index in [2.05, 4.69) is 9.72 Å². The molecule has 96 valence electrons. The summed E-state index contributed by atoms with van der Waals surface area (Å²) in [6.07, 6.45) is -3.32. The molecule has 1 aromatic carbocycles. The van der Waals surface area contributed by atoms with Crippen molar-refractivity contribution in [3.8, 4) is 16.3 Å². The quantitative estimate of drug-likeness (QED) is 0.935. The van der Waals surface area contributed by atoms with Crippen LogP contribution in [-0.4, -0.2) is 16.5 Å². The molecule has 0 radical (unpaired) electrons. The van der Waals surface area contributed by atoms with Crippen LogP contribution in [-0.2, 0) is 6.61 Å². The van der Waals surface area contributed by atoms with Crippen LogP contribution in [0.4, 0.5) is 13.2 Å². The van der Waals surface area contributed by atoms with Gasteiger partial charge in [-0.25, -0.2) is 4.98 Å². The summed E-state index contributed by atoms with van der Waals surface area (Å²) in [6, 6.07) is 5.76. The zero-order valence-corrected chi connectivity index (χ0v) is 9.76. The predicted molar refractivity (Wildman–Crippen MR) is 60.2 cm³/mol. The van der Waals surface area contributed by atoms with Crippen molar-refractivity contribution >= 4 is 11.3 Å². The number of hydrogen-bond acceptors (Lipinski definition) is 4. The van der Waals surface area contributed by atoms with Gasteiger partial charge in [0, 0.05) is 6.20 Å². The van der Waals surface area contributed by atoms with Crippen LogP contribution >= 0.6 is 11.3 Å². The average molecular weight is 275 g/mol. The Bertz CT molecular complexity index is 539. The molecule has 0 saturated carbocycles. The molecule has 0 saturated heterocycles. The molecular weight excluding hydrogens is 267 g/mol. The van der Waals surface area contributed by atoms with Gasteiger partial charge in [-0.05, 0) is 12.1 Å². The lowest BCUT2D eigenvalue weighted by Crippen LogP contribution is -2.17. The second-order valence-electron chi connectivity index (χ2n) is 3.33. The van der Waals surface area contributed by atoms with Crippen LogP contribution in [0.3, 0.4) is 0 Å². The lowest BCUT2D eigenvalue weighted by Gasteiger charge is -2.11. The minimum atomic E-state index is -4.74. The normalized spacial score (nSPS) is 11.6. The van der Waals surface area contributed by atoms with Crippen molar-refractivity contribution in [2.24, 2.45) is 0 Å². The zero-order chi connectivity index (χ0) is 13.2. The summed E-state index contributed by atoms with van der Waals surface area (Å²) in [4.78, 5) is 4.53. The number of halogens is 3. The van der Waals surface area contributed by atoms with Gasteiger partial charge in [0.25, 0.3) is 0 Å². The predicted octanol–water partition coefficient (Wildman–Crippen LogP) is 3.20. The van der Waals surface area contributed by atoms with Gasteiger partial charge in [-0.1, -0.05) is 12.1 Å². The van der Waals surface area contributed by atoms with Crippen molar-refractivity contribution in [3.05, 3.63) is 35.3 Å². The Morgan fingerprint density at radius 2 is 2.00 bits per heavy atom. The lowest BCUT2D eigenvalue weighted by atomic mass is 10.2. The molecule has 1 N–H and O–H groups in total. The smallest absolute Gasteiger partial charge is 0.405 e. The molecule has 0 unspecified atom stereocenters. The molecule has 2 rings (SSSR count). The van der Waals surface area contributed by atoms with Crippen molar-refractivity contribution < 1.29 is 23.0 Å². The molecule has 7 heteroatoms. The number of benzene rings is 1. The molecule has 1 aromatic heterocycles. The first kappa shape index (κ1) is 12.8. The van der Waals surface area contributed by atoms with Gasteiger partial charge in [0.15, 0.2) is 0 Å². The van der Waals surface area contributed by atoms with Crippen molar-refractivity contribution in [1.29, 1.82) is 0 Å². The van der Waals surface area contributed by atoms with Crippen molar-refractivity contribution in [2.75, 3.05) is 0 Å². The molecule has 18 heavy (non-hydrogen) atoms. The Hall–Kier alpha value is -1.60. The highest BCUT2D eigenvalue weighted by Gasteiger charge is 2.32. The first-order valence-corrected chi connectivity index (χ1v) is 5.72. The maximum Gasteiger partial charge on any atom is 0.573 e. The molecule has 0 aliphatic rings. The number of aliphatic hydroxyl groups excluding tert-OH is 1. The van der Waals surface area contributed by atoms with E-state index >= 15 is 0 Å². The largest absolute Gasteiger partial charge is 0.573 e. The maximum absolute atomic E-state index is 12.2. The van der Waals surface area contributed by atoms with Crippen LogP contribution in [0.1, 0.15) is 4.88 Å². The highest BCUT2D eigenvalue weighted by molar-refractivity contribution is 7.15. The molecule has 0 fully saturated rings. The van der Waals surface area contributed by atoms with Gasteiger partial charge in [0.2, 0.25) is 0 Å². The molecule has 0 atom stereocenters. The highest BCUT2D eigenvalue weighted by atomic mass is 32.1. The third-order valence-corrected chi connectivity index (χ3v) is 3.07. The minimum absolute atomic E-state index is 0.194. The van der Waals surface area contributed by atoms with Gasteiger partial charge in [-0.2, -0.15) is 0 Å². The summed E-state index contributed by atoms with van der Waals surface area (Å²) < 4.78 is 40.6. The molecule has 2 aromatic rings. The van der Waals surface area contributed by atoms with Gasteiger partial charge in [-0.15, -0.1) is 24.5 Å². The van der Waals surface area contributed by atoms with E-state index in [1.54, 1.807) is 6.07 Å². The molecule has 1 heterocycles. The first-order chi connectivity index (χ1) is 8.49. The first-order valence-electron chi connectivity index (χ1n) is 4.90. The van der Waals surface area contributed by atoms with Crippen LogP contribution in [0.5, 0.6) is 5.75 Å². The fourth-order valence-electron chi connectivity index (χ4n) is 1.36. The standard InChI is InChI=1S/C11H8F3NO2S/c12-11(13,14)17-9-4-2-1-3-8(9)10-15-5-7(6-16)18-10/h1-5,16H,6H2. The fourth-order valence-corrected chi connectivity index (χ4v) is 2.16. The number of thiazole rings is 1. The van der Waals surface area contributed by atoms with Crippen molar-refractivity contribution in [3.63, 3.8) is 0 Å². The van der Waals surface area contributed by atoms with E-state index in [0.717, 1.165) is 11.3 Å². The molecule has 0 bridgehead atoms. The number of alkyl halides is 3. The summed E-state index contributed by atoms with van der Waals surface area (Å²) in [5.74, 6) is -0.302. The third-order valence-electron chi connectivity index (χ3n) is 2.05. The Labute approximate surface area is 104 Å². The van der Waals surface area contributed by atoms with Gasteiger partial charge in [-0.3, -0.25) is 0 Å². The average Bonchev–Trinajstić information content (AvgIpc) is 2.76. The summed E-state index contributed by atoms with van der Waals surface area (Å²) in [5, 5.41) is 9.29. The maximum atomic E-state index is 12.2. The van der Waals surface area contributed by atoms with E-state index in [-0.39, 0.29) is 17.9 Å². The summed E-state index contributed by atoms with van der Waals surface area (Å²) >= 11 is 1.12. The van der Waals surface area contributed by atoms with Crippen LogP contribution in [0, 0.1) is 0 Å². The fraction of sp³-hybridized carbons (Fsp3) is 0.182. The second kappa shape index (κ2) is 4.95. The highest BCUT2D eigenvalue weighted by Crippen LogP contribution is 2.35. The van der Waals surface area contributed by atoms with Crippen molar-refractivity contribution in [1.82, 2.24) is 4.98 Å². The monoisotopic (exact) mass is 275 g/mol. The third kappa shape index (κ3) is 2.99. The van der Waals surface area contributed by atoms with Crippen LogP contribution in [0.15, 0.2) is 30.5 Å². The van der Waals surface area contributed by atoms with Gasteiger partial charge in [0.05, 0.1) is 17.0 Å². The molecule has 3 nitrogen and oxygen atoms in total. The van der Waals surface area contributed by atoms with Crippen molar-refractivity contribution in [2.45, 2.75) is 13.0 Å². The molecule has 0 amide bonds. The molecule has 0 aliphatic heterocycles. The zero-order valence-electron chi connectivity index (χ0n) is 8.94. The van der Waals surface area contributed by atoms with Crippen LogP contribution in [0.25, 0.3) is 10.6 Å². The molecule has 0 aliphatic carbocycles. The number of rotatable bonds is 3. The van der Waals surface area contributed by atoms with E-state index in [1.807, 2.05) is 0 Å². The van der Waals surface area contributed by atoms with E-state index in [1.165, 1.54) is 24.4 Å². The summed E-state index contributed by atoms with van der Waals surface area (Å²) in [7, 11) is 0. The minimum Gasteiger partial charge on any atom is -0.405 e. The van der Waals surface area contributed by atoms with Crippen LogP contribution < -0.4 is 4.74 Å². The Morgan fingerprint density at radius 3 is 2.61 bits per heavy atom. The molecule has 0 spiro atoms. The van der Waals surface area contributed by atoms with E-state index in [4.69, 9.17) is 5.11 Å². The number of nitrogens with zero attached hydrogens (tertiary/aromatic N) is 1. The summed E-state index contributed by atoms with van der Waals surface area (Å²) in [6.45, 7) is -0.194. The Balaban J connectivity index is 2.38. The van der Waals surface area contributed by atoms with Crippen LogP contribution in [0.2, 0.25) is 0 Å². The van der Waals surface area contributed by atoms with E-state index in [9.17, 15) is 13.2 Å². The van der Waals surface area contributed by atoms with E-state index in [0.29, 0.717) is 9.88 Å². The topological polar surface area (TPSA) is 42.4 Å². The SMILES string of the molecule is OCc1cnc(-c2ccccc2OC(F)(F)F)s1. The van der Waals surface area contributed by atoms with Gasteiger partial charge < -0.3 is 9.84 Å². The summed E-state index contributed by atoms with van der Waals surface area (Å²) in [5.41, 5.74) is 0.250. The Kier molecular flexibility index (Phi) is 3.53. The second-order valence-corrected chi connectivity index (χ2v) is 4.45. The van der Waals surface area contributed by atoms with E-state index < -0.39 is 6.36 Å². The molecular formula is C11H8F3NO2S. The number of para-hydroxylation sites is 1. The number of aromatic nitrogens is 1. The lowest BCUT2D eigenvalue weighted by molar-refractivity contribution is -0.274. The van der Waals surface area contributed by atoms with Gasteiger partial charge in [0.1, 0.15) is 10.8 Å². The number of hydrogen-bond donors (Lipinski definition) is 1. The van der Waals surface area contributed by atoms with Gasteiger partial charge >= 0.3 is 6.36 Å². The number of ether oxygens (including phenoxy) is 1.